The number of carbonyl (C=O) groups is 1. The molecule has 2 aromatic heterocycles. The number of nitrogens with one attached hydrogen (secondary N) is 1. The summed E-state index contributed by atoms with van der Waals surface area (Å²) in [6.45, 7) is 3.41. The van der Waals surface area contributed by atoms with Crippen LogP contribution in [-0.4, -0.2) is 69.5 Å². The van der Waals surface area contributed by atoms with Crippen molar-refractivity contribution in [2.75, 3.05) is 36.5 Å². The van der Waals surface area contributed by atoms with Gasteiger partial charge in [-0.3, -0.25) is 5.32 Å². The smallest absolute Gasteiger partial charge is 0.324 e. The van der Waals surface area contributed by atoms with Gasteiger partial charge in [0.05, 0.1) is 28.0 Å². The molecule has 1 fully saturated rings. The number of nitrogens with zero attached hydrogens (tertiary/aromatic N) is 4. The highest BCUT2D eigenvalue weighted by molar-refractivity contribution is 7.22. The van der Waals surface area contributed by atoms with E-state index < -0.39 is 6.10 Å². The van der Waals surface area contributed by atoms with E-state index in [-0.39, 0.29) is 18.7 Å². The van der Waals surface area contributed by atoms with Crippen LogP contribution in [0, 0.1) is 0 Å². The fraction of sp³-hybridized carbons (Fsp3) is 0.381. The molecule has 0 radical (unpaired) electrons. The second-order valence-corrected chi connectivity index (χ2v) is 9.03. The van der Waals surface area contributed by atoms with Crippen LogP contribution in [0.3, 0.4) is 0 Å². The molecule has 8 nitrogen and oxygen atoms in total. The SMILES string of the molecule is C[C@H]1CN(c2ncc(C[C@H](O)CO)cc2Cl)CCN1C(=O)Nc1nc2ccccc2s1. The molecule has 0 aliphatic carbocycles. The Kier molecular flexibility index (Phi) is 6.57. The number of halogens is 1. The molecule has 164 valence electrons. The summed E-state index contributed by atoms with van der Waals surface area (Å²) in [5, 5.41) is 22.6. The number of fused-ring (bicyclic) bond motifs is 1. The number of amides is 2. The molecule has 31 heavy (non-hydrogen) atoms. The lowest BCUT2D eigenvalue weighted by Crippen LogP contribution is -2.55. The Morgan fingerprint density at radius 1 is 1.39 bits per heavy atom. The predicted octanol–water partition coefficient (Wildman–Crippen LogP) is 2.98. The Balaban J connectivity index is 1.39. The number of anilines is 2. The fourth-order valence-electron chi connectivity index (χ4n) is 3.69. The van der Waals surface area contributed by atoms with Gasteiger partial charge in [0.15, 0.2) is 5.13 Å². The Labute approximate surface area is 189 Å². The summed E-state index contributed by atoms with van der Waals surface area (Å²) in [6, 6.07) is 9.34. The van der Waals surface area contributed by atoms with Gasteiger partial charge in [-0.1, -0.05) is 35.1 Å². The number of thiazole rings is 1. The predicted molar refractivity (Wildman–Crippen MR) is 123 cm³/mol. The van der Waals surface area contributed by atoms with Gasteiger partial charge >= 0.3 is 6.03 Å². The minimum absolute atomic E-state index is 0.0446. The molecule has 1 saturated heterocycles. The first-order valence-corrected chi connectivity index (χ1v) is 11.3. The average Bonchev–Trinajstić information content (AvgIpc) is 3.15. The highest BCUT2D eigenvalue weighted by Gasteiger charge is 2.29. The lowest BCUT2D eigenvalue weighted by atomic mass is 10.1. The van der Waals surface area contributed by atoms with E-state index in [1.54, 1.807) is 17.2 Å². The van der Waals surface area contributed by atoms with Crippen LogP contribution in [0.5, 0.6) is 0 Å². The number of aromatic nitrogens is 2. The van der Waals surface area contributed by atoms with Crippen LogP contribution in [0.25, 0.3) is 10.2 Å². The van der Waals surface area contributed by atoms with E-state index >= 15 is 0 Å². The number of urea groups is 1. The first-order chi connectivity index (χ1) is 14.9. The third kappa shape index (κ3) is 4.90. The first kappa shape index (κ1) is 21.8. The molecule has 1 aliphatic rings. The van der Waals surface area contributed by atoms with E-state index in [1.807, 2.05) is 31.2 Å². The second-order valence-electron chi connectivity index (χ2n) is 7.59. The molecule has 0 spiro atoms. The lowest BCUT2D eigenvalue weighted by molar-refractivity contribution is 0.0954. The van der Waals surface area contributed by atoms with Gasteiger partial charge in [-0.25, -0.2) is 14.8 Å². The number of carbonyl (C=O) groups excluding carboxylic acids is 1. The van der Waals surface area contributed by atoms with Crippen molar-refractivity contribution < 1.29 is 15.0 Å². The Bertz CT molecular complexity index is 1050. The van der Waals surface area contributed by atoms with Crippen molar-refractivity contribution in [2.24, 2.45) is 0 Å². The summed E-state index contributed by atoms with van der Waals surface area (Å²) in [6.07, 6.45) is 1.12. The zero-order valence-electron chi connectivity index (χ0n) is 17.0. The summed E-state index contributed by atoms with van der Waals surface area (Å²) in [4.78, 5) is 25.6. The maximum atomic E-state index is 12.8. The topological polar surface area (TPSA) is 102 Å². The number of rotatable bonds is 5. The van der Waals surface area contributed by atoms with Crippen molar-refractivity contribution in [2.45, 2.75) is 25.5 Å². The quantitative estimate of drug-likeness (QED) is 0.540. The van der Waals surface area contributed by atoms with Crippen LogP contribution >= 0.6 is 22.9 Å². The van der Waals surface area contributed by atoms with Gasteiger partial charge in [-0.2, -0.15) is 0 Å². The van der Waals surface area contributed by atoms with Crippen molar-refractivity contribution >= 4 is 50.1 Å². The van der Waals surface area contributed by atoms with E-state index in [2.05, 4.69) is 20.2 Å². The Hall–Kier alpha value is -2.46. The minimum Gasteiger partial charge on any atom is -0.394 e. The molecule has 3 heterocycles. The second kappa shape index (κ2) is 9.35. The monoisotopic (exact) mass is 461 g/mol. The molecule has 3 N–H and O–H groups in total. The highest BCUT2D eigenvalue weighted by Crippen LogP contribution is 2.28. The van der Waals surface area contributed by atoms with E-state index in [4.69, 9.17) is 16.7 Å². The molecule has 1 aromatic carbocycles. The molecule has 0 unspecified atom stereocenters. The van der Waals surface area contributed by atoms with Crippen LogP contribution in [0.4, 0.5) is 15.7 Å². The van der Waals surface area contributed by atoms with Crippen LogP contribution in [0.15, 0.2) is 36.5 Å². The molecular weight excluding hydrogens is 438 g/mol. The number of hydrogen-bond donors (Lipinski definition) is 3. The summed E-state index contributed by atoms with van der Waals surface area (Å²) in [5.74, 6) is 0.655. The van der Waals surface area contributed by atoms with Crippen molar-refractivity contribution in [1.82, 2.24) is 14.9 Å². The summed E-state index contributed by atoms with van der Waals surface area (Å²) in [5.41, 5.74) is 1.63. The number of hydrogen-bond acceptors (Lipinski definition) is 7. The number of para-hydroxylation sites is 1. The minimum atomic E-state index is -0.832. The Morgan fingerprint density at radius 3 is 2.90 bits per heavy atom. The van der Waals surface area contributed by atoms with E-state index in [0.29, 0.717) is 42.0 Å². The molecule has 2 atom stereocenters. The van der Waals surface area contributed by atoms with Crippen LogP contribution < -0.4 is 10.2 Å². The zero-order valence-corrected chi connectivity index (χ0v) is 18.6. The lowest BCUT2D eigenvalue weighted by Gasteiger charge is -2.40. The third-order valence-corrected chi connectivity index (χ3v) is 6.49. The number of benzene rings is 1. The van der Waals surface area contributed by atoms with E-state index in [9.17, 15) is 9.90 Å². The summed E-state index contributed by atoms with van der Waals surface area (Å²) >= 11 is 7.89. The van der Waals surface area contributed by atoms with Gasteiger partial charge < -0.3 is 20.0 Å². The van der Waals surface area contributed by atoms with Crippen molar-refractivity contribution in [3.8, 4) is 0 Å². The number of pyridine rings is 1. The van der Waals surface area contributed by atoms with Crippen molar-refractivity contribution in [3.05, 3.63) is 47.1 Å². The van der Waals surface area contributed by atoms with Crippen LogP contribution in [0.2, 0.25) is 5.02 Å². The van der Waals surface area contributed by atoms with Crippen molar-refractivity contribution in [3.63, 3.8) is 0 Å². The standard InChI is InChI=1S/C21H24ClN5O3S/c1-13-11-26(19-16(22)9-14(10-23-19)8-15(29)12-28)6-7-27(13)21(30)25-20-24-17-4-2-3-5-18(17)31-20/h2-5,9-10,13,15,28-29H,6-8,11-12H2,1H3,(H,24,25,30)/t13-,15-/m0/s1. The molecule has 2 amide bonds. The normalized spacial score (nSPS) is 17.7. The number of piperazine rings is 1. The van der Waals surface area contributed by atoms with E-state index in [0.717, 1.165) is 15.8 Å². The zero-order chi connectivity index (χ0) is 22.0. The van der Waals surface area contributed by atoms with Gasteiger partial charge in [0, 0.05) is 38.3 Å². The van der Waals surface area contributed by atoms with Crippen molar-refractivity contribution in [1.29, 1.82) is 0 Å². The van der Waals surface area contributed by atoms with Gasteiger partial charge in [-0.15, -0.1) is 0 Å². The average molecular weight is 462 g/mol. The molecular formula is C21H24ClN5O3S. The van der Waals surface area contributed by atoms with E-state index in [1.165, 1.54) is 11.3 Å². The highest BCUT2D eigenvalue weighted by atomic mass is 35.5. The molecule has 0 bridgehead atoms. The third-order valence-electron chi connectivity index (χ3n) is 5.26. The molecule has 10 heteroatoms. The first-order valence-electron chi connectivity index (χ1n) is 10.1. The van der Waals surface area contributed by atoms with Crippen LogP contribution in [0.1, 0.15) is 12.5 Å². The molecule has 3 aromatic rings. The number of aliphatic hydroxyl groups excluding tert-OH is 2. The maximum Gasteiger partial charge on any atom is 0.324 e. The van der Waals surface area contributed by atoms with Gasteiger partial charge in [0.1, 0.15) is 5.82 Å². The van der Waals surface area contributed by atoms with Gasteiger partial charge in [0.25, 0.3) is 0 Å². The Morgan fingerprint density at radius 2 is 2.19 bits per heavy atom. The summed E-state index contributed by atoms with van der Waals surface area (Å²) in [7, 11) is 0. The molecule has 1 aliphatic heterocycles. The van der Waals surface area contributed by atoms with Gasteiger partial charge in [-0.05, 0) is 30.7 Å². The maximum absolute atomic E-state index is 12.8. The molecule has 4 rings (SSSR count). The summed E-state index contributed by atoms with van der Waals surface area (Å²) < 4.78 is 1.03. The fourth-order valence-corrected chi connectivity index (χ4v) is 4.86. The van der Waals surface area contributed by atoms with Gasteiger partial charge in [0.2, 0.25) is 0 Å². The number of aliphatic hydroxyl groups is 2. The molecule has 0 saturated carbocycles. The largest absolute Gasteiger partial charge is 0.394 e. The van der Waals surface area contributed by atoms with Crippen LogP contribution in [-0.2, 0) is 6.42 Å².